The number of hydrogen-bond donors (Lipinski definition) is 1. The maximum atomic E-state index is 11.7. The summed E-state index contributed by atoms with van der Waals surface area (Å²) in [4.78, 5) is 24.8. The number of nitrogens with two attached hydrogens (primary N) is 1. The molecule has 2 N–H and O–H groups in total. The van der Waals surface area contributed by atoms with Gasteiger partial charge in [0.15, 0.2) is 0 Å². The molecule has 1 heterocycles. The third-order valence-corrected chi connectivity index (χ3v) is 2.88. The second kappa shape index (κ2) is 4.70. The quantitative estimate of drug-likeness (QED) is 0.572. The maximum absolute atomic E-state index is 11.7. The van der Waals surface area contributed by atoms with Crippen molar-refractivity contribution in [3.63, 3.8) is 0 Å². The van der Waals surface area contributed by atoms with Crippen LogP contribution in [0.5, 0.6) is 0 Å². The van der Waals surface area contributed by atoms with Crippen LogP contribution in [-0.4, -0.2) is 27.7 Å². The van der Waals surface area contributed by atoms with Gasteiger partial charge in [0, 0.05) is 12.3 Å². The first-order chi connectivity index (χ1) is 6.99. The predicted octanol–water partition coefficient (Wildman–Crippen LogP) is 0.836. The normalized spacial score (nSPS) is 23.3. The van der Waals surface area contributed by atoms with Crippen molar-refractivity contribution in [2.24, 2.45) is 11.7 Å². The smallest absolute Gasteiger partial charge is 0.233 e. The van der Waals surface area contributed by atoms with Gasteiger partial charge in [-0.15, -0.1) is 0 Å². The minimum absolute atomic E-state index is 0.147. The van der Waals surface area contributed by atoms with Gasteiger partial charge in [-0.25, -0.2) is 0 Å². The minimum Gasteiger partial charge on any atom is -0.392 e. The first-order valence-electron chi connectivity index (χ1n) is 5.14. The lowest BCUT2D eigenvalue weighted by atomic mass is 10.1. The number of carbonyl (C=O) groups is 2. The van der Waals surface area contributed by atoms with E-state index in [0.717, 1.165) is 6.42 Å². The summed E-state index contributed by atoms with van der Waals surface area (Å²) >= 11 is 4.90. The van der Waals surface area contributed by atoms with Gasteiger partial charge in [-0.3, -0.25) is 14.5 Å². The summed E-state index contributed by atoms with van der Waals surface area (Å²) in [6.07, 6.45) is 1.77. The lowest BCUT2D eigenvalue weighted by Gasteiger charge is -2.25. The molecule has 1 aliphatic rings. The number of imide groups is 1. The van der Waals surface area contributed by atoms with E-state index in [-0.39, 0.29) is 29.1 Å². The largest absolute Gasteiger partial charge is 0.392 e. The van der Waals surface area contributed by atoms with Crippen LogP contribution in [0.2, 0.25) is 0 Å². The maximum Gasteiger partial charge on any atom is 0.233 e. The van der Waals surface area contributed by atoms with Crippen molar-refractivity contribution in [3.05, 3.63) is 0 Å². The van der Waals surface area contributed by atoms with Gasteiger partial charge in [0.2, 0.25) is 11.8 Å². The first kappa shape index (κ1) is 12.1. The third-order valence-electron chi connectivity index (χ3n) is 2.61. The zero-order valence-corrected chi connectivity index (χ0v) is 9.84. The molecule has 2 unspecified atom stereocenters. The molecule has 84 valence electrons. The van der Waals surface area contributed by atoms with E-state index in [1.54, 1.807) is 6.92 Å². The van der Waals surface area contributed by atoms with Crippen molar-refractivity contribution in [1.82, 2.24) is 4.90 Å². The SMILES string of the molecule is CCCC(C(N)=S)N1C(=O)CC(C)C1=O. The van der Waals surface area contributed by atoms with E-state index in [0.29, 0.717) is 6.42 Å². The Morgan fingerprint density at radius 3 is 2.60 bits per heavy atom. The van der Waals surface area contributed by atoms with E-state index in [4.69, 9.17) is 18.0 Å². The highest BCUT2D eigenvalue weighted by Crippen LogP contribution is 2.23. The van der Waals surface area contributed by atoms with Crippen molar-refractivity contribution >= 4 is 29.0 Å². The van der Waals surface area contributed by atoms with Gasteiger partial charge in [-0.1, -0.05) is 32.5 Å². The summed E-state index contributed by atoms with van der Waals surface area (Å²) in [5, 5.41) is 0. The van der Waals surface area contributed by atoms with Gasteiger partial charge < -0.3 is 5.73 Å². The van der Waals surface area contributed by atoms with Gasteiger partial charge >= 0.3 is 0 Å². The van der Waals surface area contributed by atoms with Crippen LogP contribution in [0.4, 0.5) is 0 Å². The minimum atomic E-state index is -0.394. The highest BCUT2D eigenvalue weighted by molar-refractivity contribution is 7.80. The Morgan fingerprint density at radius 2 is 2.27 bits per heavy atom. The summed E-state index contributed by atoms with van der Waals surface area (Å²) in [5.74, 6) is -0.531. The van der Waals surface area contributed by atoms with Gasteiger partial charge in [-0.05, 0) is 6.42 Å². The molecule has 1 rings (SSSR count). The van der Waals surface area contributed by atoms with Crippen LogP contribution in [0.15, 0.2) is 0 Å². The average Bonchev–Trinajstić information content (AvgIpc) is 2.38. The number of nitrogens with zero attached hydrogens (tertiary/aromatic N) is 1. The highest BCUT2D eigenvalue weighted by Gasteiger charge is 2.40. The highest BCUT2D eigenvalue weighted by atomic mass is 32.1. The molecule has 2 amide bonds. The van der Waals surface area contributed by atoms with Gasteiger partial charge in [0.1, 0.15) is 0 Å². The molecule has 0 saturated carbocycles. The topological polar surface area (TPSA) is 63.4 Å². The molecule has 0 radical (unpaired) electrons. The Labute approximate surface area is 94.8 Å². The van der Waals surface area contributed by atoms with E-state index in [1.807, 2.05) is 6.92 Å². The van der Waals surface area contributed by atoms with Gasteiger partial charge in [0.25, 0.3) is 0 Å². The van der Waals surface area contributed by atoms with Crippen molar-refractivity contribution in [2.75, 3.05) is 0 Å². The number of carbonyl (C=O) groups excluding carboxylic acids is 2. The van der Waals surface area contributed by atoms with E-state index < -0.39 is 6.04 Å². The fourth-order valence-electron chi connectivity index (χ4n) is 1.81. The first-order valence-corrected chi connectivity index (χ1v) is 5.55. The Balaban J connectivity index is 2.88. The van der Waals surface area contributed by atoms with Crippen molar-refractivity contribution < 1.29 is 9.59 Å². The number of hydrogen-bond acceptors (Lipinski definition) is 3. The molecule has 0 bridgehead atoms. The molecule has 0 aromatic carbocycles. The average molecular weight is 228 g/mol. The lowest BCUT2D eigenvalue weighted by molar-refractivity contribution is -0.140. The number of amides is 2. The van der Waals surface area contributed by atoms with Gasteiger partial charge in [0.05, 0.1) is 11.0 Å². The molecule has 0 aromatic heterocycles. The van der Waals surface area contributed by atoms with Crippen LogP contribution in [0, 0.1) is 5.92 Å². The molecule has 15 heavy (non-hydrogen) atoms. The zero-order chi connectivity index (χ0) is 11.6. The van der Waals surface area contributed by atoms with Crippen molar-refractivity contribution in [2.45, 2.75) is 39.2 Å². The predicted molar refractivity (Wildman–Crippen MR) is 61.1 cm³/mol. The van der Waals surface area contributed by atoms with Crippen molar-refractivity contribution in [3.8, 4) is 0 Å². The van der Waals surface area contributed by atoms with E-state index in [1.165, 1.54) is 4.90 Å². The third kappa shape index (κ3) is 2.34. The molecule has 1 fully saturated rings. The molecule has 4 nitrogen and oxygen atoms in total. The Morgan fingerprint density at radius 1 is 1.67 bits per heavy atom. The fourth-order valence-corrected chi connectivity index (χ4v) is 2.03. The van der Waals surface area contributed by atoms with Crippen LogP contribution in [0.25, 0.3) is 0 Å². The van der Waals surface area contributed by atoms with Crippen LogP contribution in [-0.2, 0) is 9.59 Å². The molecule has 5 heteroatoms. The summed E-state index contributed by atoms with van der Waals surface area (Å²) in [6.45, 7) is 3.72. The summed E-state index contributed by atoms with van der Waals surface area (Å²) < 4.78 is 0. The number of rotatable bonds is 4. The molecule has 0 aliphatic carbocycles. The molecule has 1 saturated heterocycles. The Bertz CT molecular complexity index is 304. The molecule has 0 spiro atoms. The number of thiocarbonyl (C=S) groups is 1. The van der Waals surface area contributed by atoms with Gasteiger partial charge in [-0.2, -0.15) is 0 Å². The van der Waals surface area contributed by atoms with Crippen molar-refractivity contribution in [1.29, 1.82) is 0 Å². The fraction of sp³-hybridized carbons (Fsp3) is 0.700. The molecular weight excluding hydrogens is 212 g/mol. The zero-order valence-electron chi connectivity index (χ0n) is 9.03. The summed E-state index contributed by atoms with van der Waals surface area (Å²) in [6, 6.07) is -0.394. The Kier molecular flexibility index (Phi) is 3.79. The van der Waals surface area contributed by atoms with E-state index in [9.17, 15) is 9.59 Å². The lowest BCUT2D eigenvalue weighted by Crippen LogP contribution is -2.47. The monoisotopic (exact) mass is 228 g/mol. The second-order valence-electron chi connectivity index (χ2n) is 3.91. The molecule has 2 atom stereocenters. The van der Waals surface area contributed by atoms with E-state index in [2.05, 4.69) is 0 Å². The van der Waals surface area contributed by atoms with Crippen LogP contribution in [0.1, 0.15) is 33.1 Å². The van der Waals surface area contributed by atoms with Crippen LogP contribution >= 0.6 is 12.2 Å². The van der Waals surface area contributed by atoms with E-state index >= 15 is 0 Å². The standard InChI is InChI=1S/C10H16N2O2S/c1-3-4-7(9(11)15)12-8(13)5-6(2)10(12)14/h6-7H,3-5H2,1-2H3,(H2,11,15). The van der Waals surface area contributed by atoms with Crippen LogP contribution < -0.4 is 5.73 Å². The van der Waals surface area contributed by atoms with Crippen LogP contribution in [0.3, 0.4) is 0 Å². The molecule has 1 aliphatic heterocycles. The number of likely N-dealkylation sites (tertiary alicyclic amines) is 1. The summed E-state index contributed by atoms with van der Waals surface area (Å²) in [7, 11) is 0. The molecular formula is C10H16N2O2S. The molecule has 0 aromatic rings. The summed E-state index contributed by atoms with van der Waals surface area (Å²) in [5.41, 5.74) is 5.56. The second-order valence-corrected chi connectivity index (χ2v) is 4.39. The Hall–Kier alpha value is -0.970.